The van der Waals surface area contributed by atoms with Gasteiger partial charge in [-0.15, -0.1) is 0 Å². The van der Waals surface area contributed by atoms with Crippen LogP contribution in [0, 0.1) is 17.3 Å². The Hall–Kier alpha value is -2.33. The summed E-state index contributed by atoms with van der Waals surface area (Å²) in [6.07, 6.45) is 4.44. The molecular weight excluding hydrogens is 230 g/mol. The van der Waals surface area contributed by atoms with E-state index in [9.17, 15) is 0 Å². The van der Waals surface area contributed by atoms with E-state index in [-0.39, 0.29) is 0 Å². The first-order valence-corrected chi connectivity index (χ1v) is 6.52. The van der Waals surface area contributed by atoms with Crippen molar-refractivity contribution in [3.63, 3.8) is 0 Å². The maximum atomic E-state index is 7.13. The van der Waals surface area contributed by atoms with Crippen molar-refractivity contribution in [3.8, 4) is 11.8 Å². The quantitative estimate of drug-likeness (QED) is 0.478. The average molecular weight is 247 g/mol. The Morgan fingerprint density at radius 1 is 0.947 bits per heavy atom. The first-order valence-electron chi connectivity index (χ1n) is 6.52. The third kappa shape index (κ3) is 4.44. The molecule has 0 saturated carbocycles. The van der Waals surface area contributed by atoms with Gasteiger partial charge in [0, 0.05) is 18.2 Å². The molecule has 1 heteroatoms. The van der Waals surface area contributed by atoms with Crippen molar-refractivity contribution in [1.82, 2.24) is 0 Å². The molecule has 1 nitrogen and oxygen atoms in total. The highest BCUT2D eigenvalue weighted by molar-refractivity contribution is 5.76. The van der Waals surface area contributed by atoms with Gasteiger partial charge in [0.2, 0.25) is 0 Å². The third-order valence-corrected chi connectivity index (χ3v) is 2.92. The fourth-order valence-corrected chi connectivity index (χ4v) is 1.85. The topological polar surface area (TPSA) is 23.9 Å². The molecule has 94 valence electrons. The van der Waals surface area contributed by atoms with Gasteiger partial charge in [-0.25, -0.2) is 0 Å². The number of hydrogen-bond acceptors (Lipinski definition) is 1. The van der Waals surface area contributed by atoms with Crippen molar-refractivity contribution in [1.29, 1.82) is 5.41 Å². The minimum Gasteiger partial charge on any atom is -0.308 e. The molecule has 0 saturated heterocycles. The zero-order valence-corrected chi connectivity index (χ0v) is 10.9. The number of aryl methyl sites for hydroxylation is 1. The van der Waals surface area contributed by atoms with Gasteiger partial charge in [-0.1, -0.05) is 54.3 Å². The van der Waals surface area contributed by atoms with Gasteiger partial charge in [0.15, 0.2) is 0 Å². The molecule has 2 rings (SSSR count). The van der Waals surface area contributed by atoms with Gasteiger partial charge < -0.3 is 5.41 Å². The SMILES string of the molecule is N=Cc1ccc(C#CCCCc2ccccc2)cc1. The van der Waals surface area contributed by atoms with Crippen molar-refractivity contribution in [3.05, 3.63) is 71.3 Å². The number of rotatable bonds is 4. The Morgan fingerprint density at radius 2 is 1.68 bits per heavy atom. The Balaban J connectivity index is 1.79. The van der Waals surface area contributed by atoms with Gasteiger partial charge in [-0.05, 0) is 36.1 Å². The predicted octanol–water partition coefficient (Wildman–Crippen LogP) is 4.06. The number of hydrogen-bond donors (Lipinski definition) is 1. The van der Waals surface area contributed by atoms with E-state index in [0.29, 0.717) is 0 Å². The standard InChI is InChI=1S/C18H17N/c19-15-18-13-11-17(12-14-18)10-6-2-5-9-16-7-3-1-4-8-16/h1,3-4,7-8,11-15,19H,2,5,9H2. The van der Waals surface area contributed by atoms with Crippen molar-refractivity contribution in [2.75, 3.05) is 0 Å². The van der Waals surface area contributed by atoms with Crippen LogP contribution in [0.15, 0.2) is 54.6 Å². The van der Waals surface area contributed by atoms with Crippen LogP contribution in [0.5, 0.6) is 0 Å². The molecule has 19 heavy (non-hydrogen) atoms. The van der Waals surface area contributed by atoms with Crippen LogP contribution in [-0.4, -0.2) is 6.21 Å². The van der Waals surface area contributed by atoms with Gasteiger partial charge in [-0.2, -0.15) is 0 Å². The van der Waals surface area contributed by atoms with Crippen LogP contribution < -0.4 is 0 Å². The highest BCUT2D eigenvalue weighted by Gasteiger charge is 1.90. The first kappa shape index (κ1) is 13.1. The molecule has 0 radical (unpaired) electrons. The zero-order chi connectivity index (χ0) is 13.3. The van der Waals surface area contributed by atoms with Gasteiger partial charge in [0.25, 0.3) is 0 Å². The van der Waals surface area contributed by atoms with E-state index in [1.807, 2.05) is 30.3 Å². The molecule has 0 atom stereocenters. The van der Waals surface area contributed by atoms with Gasteiger partial charge in [-0.3, -0.25) is 0 Å². The highest BCUT2D eigenvalue weighted by atomic mass is 14.3. The number of unbranched alkanes of at least 4 members (excludes halogenated alkanes) is 1. The molecule has 2 aromatic rings. The molecule has 0 aliphatic carbocycles. The van der Waals surface area contributed by atoms with Crippen molar-refractivity contribution in [2.24, 2.45) is 0 Å². The molecule has 0 fully saturated rings. The van der Waals surface area contributed by atoms with E-state index in [1.165, 1.54) is 11.8 Å². The van der Waals surface area contributed by atoms with Crippen molar-refractivity contribution >= 4 is 6.21 Å². The summed E-state index contributed by atoms with van der Waals surface area (Å²) in [6, 6.07) is 18.3. The van der Waals surface area contributed by atoms with Crippen LogP contribution in [0.1, 0.15) is 29.5 Å². The smallest absolute Gasteiger partial charge is 0.0250 e. The largest absolute Gasteiger partial charge is 0.308 e. The van der Waals surface area contributed by atoms with Crippen LogP contribution in [0.3, 0.4) is 0 Å². The predicted molar refractivity (Wildman–Crippen MR) is 80.6 cm³/mol. The fraction of sp³-hybridized carbons (Fsp3) is 0.167. The molecule has 0 spiro atoms. The monoisotopic (exact) mass is 247 g/mol. The van der Waals surface area contributed by atoms with E-state index in [2.05, 4.69) is 36.1 Å². The second-order valence-electron chi connectivity index (χ2n) is 4.41. The Labute approximate surface area is 114 Å². The molecule has 0 aliphatic heterocycles. The Bertz CT molecular complexity index is 571. The van der Waals surface area contributed by atoms with Gasteiger partial charge in [0.1, 0.15) is 0 Å². The summed E-state index contributed by atoms with van der Waals surface area (Å²) in [6.45, 7) is 0. The molecule has 0 heterocycles. The maximum absolute atomic E-state index is 7.13. The molecule has 1 N–H and O–H groups in total. The van der Waals surface area contributed by atoms with Gasteiger partial charge >= 0.3 is 0 Å². The summed E-state index contributed by atoms with van der Waals surface area (Å²) in [5.41, 5.74) is 3.31. The molecule has 0 aliphatic rings. The van der Waals surface area contributed by atoms with Crippen LogP contribution in [0.25, 0.3) is 0 Å². The lowest BCUT2D eigenvalue weighted by atomic mass is 10.1. The van der Waals surface area contributed by atoms with E-state index >= 15 is 0 Å². The van der Waals surface area contributed by atoms with Crippen LogP contribution in [-0.2, 0) is 6.42 Å². The summed E-state index contributed by atoms with van der Waals surface area (Å²) in [4.78, 5) is 0. The van der Waals surface area contributed by atoms with Crippen molar-refractivity contribution in [2.45, 2.75) is 19.3 Å². The van der Waals surface area contributed by atoms with E-state index in [4.69, 9.17) is 5.41 Å². The average Bonchev–Trinajstić information content (AvgIpc) is 2.49. The second kappa shape index (κ2) is 7.18. The molecule has 0 aromatic heterocycles. The van der Waals surface area contributed by atoms with E-state index in [0.717, 1.165) is 30.4 Å². The molecule has 2 aromatic carbocycles. The summed E-state index contributed by atoms with van der Waals surface area (Å²) in [5.74, 6) is 6.36. The maximum Gasteiger partial charge on any atom is 0.0250 e. The fourth-order valence-electron chi connectivity index (χ4n) is 1.85. The summed E-state index contributed by atoms with van der Waals surface area (Å²) >= 11 is 0. The summed E-state index contributed by atoms with van der Waals surface area (Å²) in [5, 5.41) is 7.13. The number of benzene rings is 2. The minimum absolute atomic E-state index is 0.912. The van der Waals surface area contributed by atoms with Crippen molar-refractivity contribution < 1.29 is 0 Å². The zero-order valence-electron chi connectivity index (χ0n) is 10.9. The first-order chi connectivity index (χ1) is 9.38. The Kier molecular flexibility index (Phi) is 4.96. The van der Waals surface area contributed by atoms with Crippen LogP contribution in [0.2, 0.25) is 0 Å². The molecule has 0 amide bonds. The number of nitrogens with one attached hydrogen (secondary N) is 1. The van der Waals surface area contributed by atoms with E-state index < -0.39 is 0 Å². The normalized spacial score (nSPS) is 9.47. The lowest BCUT2D eigenvalue weighted by Crippen LogP contribution is -1.83. The minimum atomic E-state index is 0.912. The third-order valence-electron chi connectivity index (χ3n) is 2.92. The molecule has 0 bridgehead atoms. The highest BCUT2D eigenvalue weighted by Crippen LogP contribution is 2.04. The lowest BCUT2D eigenvalue weighted by molar-refractivity contribution is 0.858. The van der Waals surface area contributed by atoms with Gasteiger partial charge in [0.05, 0.1) is 0 Å². The second-order valence-corrected chi connectivity index (χ2v) is 4.41. The van der Waals surface area contributed by atoms with E-state index in [1.54, 1.807) is 0 Å². The molecule has 0 unspecified atom stereocenters. The van der Waals surface area contributed by atoms with Crippen LogP contribution >= 0.6 is 0 Å². The molecular formula is C18H17N. The van der Waals surface area contributed by atoms with Crippen LogP contribution in [0.4, 0.5) is 0 Å². The summed E-state index contributed by atoms with van der Waals surface area (Å²) < 4.78 is 0. The lowest BCUT2D eigenvalue weighted by Gasteiger charge is -1.97. The summed E-state index contributed by atoms with van der Waals surface area (Å²) in [7, 11) is 0. The Morgan fingerprint density at radius 3 is 2.37 bits per heavy atom.